The molecule has 2 N–H and O–H groups in total. The molecule has 3 atom stereocenters. The lowest BCUT2D eigenvalue weighted by atomic mass is 9.90. The monoisotopic (exact) mass is 528 g/mol. The normalized spacial score (nSPS) is 22.2. The van der Waals surface area contributed by atoms with E-state index in [4.69, 9.17) is 26.2 Å². The average Bonchev–Trinajstić information content (AvgIpc) is 2.95. The van der Waals surface area contributed by atoms with Gasteiger partial charge in [0.15, 0.2) is 0 Å². The standard InChI is InChI=1S/C23H27ClN2O3.C2HF3O2/c1-26(2)18-6-7-19(26)11-15(10-18)14-29-23(28)25-22-9-8-20(27)13-21(22)16-4-3-5-17(24)12-16;3-2(4,5)1(6)7/h3-5,8-9,12-13,15,18-19H,6-7,10-11,14H2,1-2H3,(H-,25,27,28);(H,6,7)/t15?,18-,19+;. The highest BCUT2D eigenvalue weighted by Crippen LogP contribution is 2.42. The third kappa shape index (κ3) is 6.82. The maximum atomic E-state index is 12.5. The van der Waals surface area contributed by atoms with Crippen LogP contribution in [-0.4, -0.2) is 60.6 Å². The van der Waals surface area contributed by atoms with E-state index in [1.165, 1.54) is 12.8 Å². The van der Waals surface area contributed by atoms with Crippen molar-refractivity contribution in [2.24, 2.45) is 5.92 Å². The Morgan fingerprint density at radius 3 is 2.31 bits per heavy atom. The van der Waals surface area contributed by atoms with Gasteiger partial charge in [0.25, 0.3) is 0 Å². The van der Waals surface area contributed by atoms with Crippen LogP contribution in [-0.2, 0) is 9.53 Å². The molecule has 7 nitrogen and oxygen atoms in total. The summed E-state index contributed by atoms with van der Waals surface area (Å²) in [4.78, 5) is 21.3. The topological polar surface area (TPSA) is 98.7 Å². The summed E-state index contributed by atoms with van der Waals surface area (Å²) in [6.07, 6.45) is -0.882. The number of halogens is 4. The molecule has 2 fully saturated rings. The first kappa shape index (κ1) is 27.6. The van der Waals surface area contributed by atoms with Crippen LogP contribution in [0.15, 0.2) is 42.5 Å². The molecule has 196 valence electrons. The highest BCUT2D eigenvalue weighted by molar-refractivity contribution is 6.30. The number of carboxylic acids is 1. The van der Waals surface area contributed by atoms with Gasteiger partial charge in [-0.1, -0.05) is 23.7 Å². The third-order valence-corrected chi connectivity index (χ3v) is 7.22. The van der Waals surface area contributed by atoms with Crippen LogP contribution in [0.2, 0.25) is 5.02 Å². The number of hydrogen-bond donors (Lipinski definition) is 2. The number of ether oxygens (including phenoxy) is 1. The molecule has 2 aliphatic rings. The smallest absolute Gasteiger partial charge is 0.430 e. The number of anilines is 1. The second-order valence-corrected chi connectivity index (χ2v) is 10.0. The second kappa shape index (κ2) is 11.0. The zero-order valence-electron chi connectivity index (χ0n) is 19.8. The van der Waals surface area contributed by atoms with Crippen LogP contribution in [0.1, 0.15) is 25.7 Å². The molecule has 4 rings (SSSR count). The van der Waals surface area contributed by atoms with E-state index >= 15 is 0 Å². The average molecular weight is 529 g/mol. The van der Waals surface area contributed by atoms with Crippen LogP contribution in [0.5, 0.6) is 5.75 Å². The number of rotatable bonds is 4. The Hall–Kier alpha value is -2.98. The zero-order valence-corrected chi connectivity index (χ0v) is 20.6. The number of quaternary nitrogens is 1. The molecule has 2 aromatic rings. The van der Waals surface area contributed by atoms with E-state index in [9.17, 15) is 23.1 Å². The predicted molar refractivity (Wildman–Crippen MR) is 126 cm³/mol. The third-order valence-electron chi connectivity index (χ3n) is 6.98. The summed E-state index contributed by atoms with van der Waals surface area (Å²) in [5.74, 6) is -2.46. The van der Waals surface area contributed by atoms with Crippen molar-refractivity contribution in [3.63, 3.8) is 0 Å². The van der Waals surface area contributed by atoms with E-state index in [1.54, 1.807) is 30.3 Å². The summed E-state index contributed by atoms with van der Waals surface area (Å²) >= 11 is 6.10. The number of phenols is 1. The zero-order chi connectivity index (χ0) is 26.7. The minimum Gasteiger partial charge on any atom is -0.542 e. The van der Waals surface area contributed by atoms with Gasteiger partial charge in [-0.15, -0.1) is 0 Å². The lowest BCUT2D eigenvalue weighted by molar-refractivity contribution is -0.931. The maximum Gasteiger partial charge on any atom is 0.430 e. The first-order valence-corrected chi connectivity index (χ1v) is 11.8. The predicted octanol–water partition coefficient (Wildman–Crippen LogP) is 4.58. The van der Waals surface area contributed by atoms with Crippen LogP contribution >= 0.6 is 11.6 Å². The second-order valence-electron chi connectivity index (χ2n) is 9.60. The number of amides is 1. The fraction of sp³-hybridized carbons (Fsp3) is 0.440. The number of phenolic OH excluding ortho intramolecular Hbond substituents is 1. The van der Waals surface area contributed by atoms with Gasteiger partial charge in [0.05, 0.1) is 38.5 Å². The molecule has 0 aliphatic carbocycles. The van der Waals surface area contributed by atoms with Gasteiger partial charge in [0.2, 0.25) is 0 Å². The molecular weight excluding hydrogens is 501 g/mol. The number of hydrogen-bond acceptors (Lipinski definition) is 5. The number of nitrogens with one attached hydrogen (secondary N) is 1. The number of piperidine rings is 1. The number of aromatic hydroxyl groups is 1. The van der Waals surface area contributed by atoms with Gasteiger partial charge in [-0.05, 0) is 35.9 Å². The minimum atomic E-state index is -5.19. The van der Waals surface area contributed by atoms with E-state index in [0.717, 1.165) is 22.9 Å². The van der Waals surface area contributed by atoms with Gasteiger partial charge in [-0.25, -0.2) is 4.79 Å². The summed E-state index contributed by atoms with van der Waals surface area (Å²) in [7, 11) is 4.66. The van der Waals surface area contributed by atoms with Crippen LogP contribution in [0, 0.1) is 5.92 Å². The summed E-state index contributed by atoms with van der Waals surface area (Å²) < 4.78 is 38.2. The van der Waals surface area contributed by atoms with Crippen molar-refractivity contribution in [2.75, 3.05) is 26.0 Å². The molecule has 11 heteroatoms. The number of carboxylic acid groups (broad SMARTS) is 1. The van der Waals surface area contributed by atoms with E-state index in [0.29, 0.717) is 40.9 Å². The van der Waals surface area contributed by atoms with Crippen LogP contribution in [0.4, 0.5) is 23.7 Å². The fourth-order valence-electron chi connectivity index (χ4n) is 5.00. The van der Waals surface area contributed by atoms with Crippen LogP contribution < -0.4 is 10.4 Å². The number of carbonyl (C=O) groups excluding carboxylic acids is 2. The van der Waals surface area contributed by atoms with Crippen molar-refractivity contribution in [1.82, 2.24) is 0 Å². The molecule has 2 aromatic carbocycles. The number of fused-ring (bicyclic) bond motifs is 2. The first-order chi connectivity index (χ1) is 16.8. The van der Waals surface area contributed by atoms with E-state index in [2.05, 4.69) is 19.4 Å². The van der Waals surface area contributed by atoms with Crippen molar-refractivity contribution in [3.8, 4) is 16.9 Å². The van der Waals surface area contributed by atoms with Crippen molar-refractivity contribution in [2.45, 2.75) is 43.9 Å². The minimum absolute atomic E-state index is 0.123. The van der Waals surface area contributed by atoms with Gasteiger partial charge < -0.3 is 24.2 Å². The maximum absolute atomic E-state index is 12.5. The van der Waals surface area contributed by atoms with Crippen molar-refractivity contribution < 1.29 is 42.2 Å². The van der Waals surface area contributed by atoms with Gasteiger partial charge in [-0.3, -0.25) is 5.32 Å². The molecule has 2 heterocycles. The Balaban J connectivity index is 0.000000454. The van der Waals surface area contributed by atoms with E-state index < -0.39 is 18.2 Å². The fourth-order valence-corrected chi connectivity index (χ4v) is 5.20. The molecule has 2 bridgehead atoms. The highest BCUT2D eigenvalue weighted by atomic mass is 35.5. The number of alkyl halides is 3. The SMILES string of the molecule is C[N+]1(C)[C@@H]2CC[C@H]1CC(COC(=O)Nc1ccc(O)cc1-c1cccc(Cl)c1)C2.O=C([O-])C(F)(F)F. The molecule has 2 aliphatic heterocycles. The summed E-state index contributed by atoms with van der Waals surface area (Å²) in [6, 6.07) is 13.5. The molecule has 0 radical (unpaired) electrons. The quantitative estimate of drug-likeness (QED) is 0.447. The Bertz CT molecular complexity index is 1090. The lowest BCUT2D eigenvalue weighted by Gasteiger charge is -2.44. The van der Waals surface area contributed by atoms with E-state index in [-0.39, 0.29) is 5.75 Å². The van der Waals surface area contributed by atoms with Crippen molar-refractivity contribution >= 4 is 29.4 Å². The Morgan fingerprint density at radius 1 is 1.14 bits per heavy atom. The number of carbonyl (C=O) groups is 2. The summed E-state index contributed by atoms with van der Waals surface area (Å²) in [6.45, 7) is 0.448. The molecular formula is C25H28ClF3N2O5. The number of nitrogens with zero attached hydrogens (tertiary/aromatic N) is 1. The lowest BCUT2D eigenvalue weighted by Crippen LogP contribution is -2.55. The summed E-state index contributed by atoms with van der Waals surface area (Å²) in [5, 5.41) is 22.1. The Labute approximate surface area is 212 Å². The number of aliphatic carboxylic acids is 1. The molecule has 1 amide bonds. The van der Waals surface area contributed by atoms with Crippen molar-refractivity contribution in [3.05, 3.63) is 47.5 Å². The van der Waals surface area contributed by atoms with Gasteiger partial charge >= 0.3 is 12.3 Å². The summed E-state index contributed by atoms with van der Waals surface area (Å²) in [5.41, 5.74) is 2.09. The van der Waals surface area contributed by atoms with Gasteiger partial charge in [0.1, 0.15) is 11.7 Å². The Kier molecular flexibility index (Phi) is 8.40. The number of benzene rings is 2. The largest absolute Gasteiger partial charge is 0.542 e. The van der Waals surface area contributed by atoms with Crippen LogP contribution in [0.25, 0.3) is 11.1 Å². The molecule has 0 spiro atoms. The molecule has 0 saturated carbocycles. The molecule has 36 heavy (non-hydrogen) atoms. The van der Waals surface area contributed by atoms with E-state index in [1.807, 2.05) is 12.1 Å². The van der Waals surface area contributed by atoms with Gasteiger partial charge in [-0.2, -0.15) is 13.2 Å². The Morgan fingerprint density at radius 2 is 1.75 bits per heavy atom. The molecule has 2 saturated heterocycles. The highest BCUT2D eigenvalue weighted by Gasteiger charge is 2.48. The first-order valence-electron chi connectivity index (χ1n) is 11.4. The van der Waals surface area contributed by atoms with Crippen LogP contribution in [0.3, 0.4) is 0 Å². The molecule has 0 aromatic heterocycles. The molecule has 1 unspecified atom stereocenters. The van der Waals surface area contributed by atoms with Gasteiger partial charge in [0, 0.05) is 42.2 Å². The van der Waals surface area contributed by atoms with Crippen molar-refractivity contribution in [1.29, 1.82) is 0 Å².